The Balaban J connectivity index is 1.68. The fourth-order valence-electron chi connectivity index (χ4n) is 3.18. The van der Waals surface area contributed by atoms with Crippen molar-refractivity contribution in [2.45, 2.75) is 13.8 Å². The van der Waals surface area contributed by atoms with Crippen LogP contribution in [-0.2, 0) is 0 Å². The van der Waals surface area contributed by atoms with Crippen molar-refractivity contribution in [2.75, 3.05) is 12.4 Å². The first kappa shape index (κ1) is 19.0. The predicted molar refractivity (Wildman–Crippen MR) is 114 cm³/mol. The molecule has 0 bridgehead atoms. The summed E-state index contributed by atoms with van der Waals surface area (Å²) in [4.78, 5) is 14.4. The molecule has 4 rings (SSSR count). The van der Waals surface area contributed by atoms with Gasteiger partial charge in [-0.3, -0.25) is 4.79 Å². The average Bonchev–Trinajstić information content (AvgIpc) is 3.11. The topological polar surface area (TPSA) is 69.0 Å². The first-order chi connectivity index (χ1) is 14.0. The molecule has 0 spiro atoms. The van der Waals surface area contributed by atoms with Crippen LogP contribution in [0.4, 0.5) is 5.69 Å². The van der Waals surface area contributed by atoms with Gasteiger partial charge in [0.1, 0.15) is 16.8 Å². The maximum Gasteiger partial charge on any atom is 0.259 e. The Labute approximate surface area is 173 Å². The molecule has 0 saturated heterocycles. The van der Waals surface area contributed by atoms with E-state index in [9.17, 15) is 4.79 Å². The van der Waals surface area contributed by atoms with Crippen molar-refractivity contribution in [1.82, 2.24) is 15.0 Å². The van der Waals surface area contributed by atoms with Crippen molar-refractivity contribution in [2.24, 2.45) is 0 Å². The molecule has 1 N–H and O–H groups in total. The van der Waals surface area contributed by atoms with Gasteiger partial charge < -0.3 is 10.1 Å². The van der Waals surface area contributed by atoms with Crippen LogP contribution in [0.25, 0.3) is 16.7 Å². The average molecular weight is 407 g/mol. The number of rotatable bonds is 4. The van der Waals surface area contributed by atoms with E-state index in [4.69, 9.17) is 16.3 Å². The minimum Gasteiger partial charge on any atom is -0.496 e. The maximum absolute atomic E-state index is 12.8. The number of aryl methyl sites for hydroxylation is 2. The second kappa shape index (κ2) is 7.56. The highest BCUT2D eigenvalue weighted by Crippen LogP contribution is 2.26. The fraction of sp³-hybridized carbons (Fsp3) is 0.136. The SMILES string of the molecule is COc1c(C)cccc1C(=O)Nc1cc2nn(-c3ccc(Cl)cc3)nc2cc1C. The normalized spacial score (nSPS) is 10.9. The Kier molecular flexibility index (Phi) is 4.94. The molecule has 0 fully saturated rings. The minimum absolute atomic E-state index is 0.238. The fourth-order valence-corrected chi connectivity index (χ4v) is 3.31. The summed E-state index contributed by atoms with van der Waals surface area (Å²) in [5, 5.41) is 12.7. The van der Waals surface area contributed by atoms with Crippen molar-refractivity contribution >= 4 is 34.2 Å². The van der Waals surface area contributed by atoms with Crippen LogP contribution in [0.15, 0.2) is 54.6 Å². The second-order valence-corrected chi connectivity index (χ2v) is 7.17. The lowest BCUT2D eigenvalue weighted by molar-refractivity contribution is 0.102. The summed E-state index contributed by atoms with van der Waals surface area (Å²) in [7, 11) is 1.56. The Bertz CT molecular complexity index is 1220. The van der Waals surface area contributed by atoms with E-state index in [1.54, 1.807) is 30.1 Å². The van der Waals surface area contributed by atoms with Gasteiger partial charge in [0, 0.05) is 10.7 Å². The van der Waals surface area contributed by atoms with Gasteiger partial charge in [-0.1, -0.05) is 23.7 Å². The molecule has 0 aliphatic heterocycles. The standard InChI is InChI=1S/C22H19ClN4O2/c1-13-5-4-6-17(21(13)29-3)22(28)24-18-12-20-19(11-14(18)2)25-27(26-20)16-9-7-15(23)8-10-16/h4-12H,1-3H3,(H,24,28). The van der Waals surface area contributed by atoms with Gasteiger partial charge >= 0.3 is 0 Å². The third kappa shape index (κ3) is 3.67. The van der Waals surface area contributed by atoms with Crippen molar-refractivity contribution < 1.29 is 9.53 Å². The quantitative estimate of drug-likeness (QED) is 0.520. The number of para-hydroxylation sites is 1. The summed E-state index contributed by atoms with van der Waals surface area (Å²) in [5.41, 5.74) is 5.17. The zero-order chi connectivity index (χ0) is 20.5. The van der Waals surface area contributed by atoms with Crippen molar-refractivity contribution in [3.05, 3.63) is 76.3 Å². The van der Waals surface area contributed by atoms with E-state index in [-0.39, 0.29) is 5.91 Å². The van der Waals surface area contributed by atoms with Crippen LogP contribution in [0.1, 0.15) is 21.5 Å². The van der Waals surface area contributed by atoms with E-state index in [0.717, 1.165) is 22.3 Å². The van der Waals surface area contributed by atoms with Crippen LogP contribution in [0.5, 0.6) is 5.75 Å². The van der Waals surface area contributed by atoms with E-state index in [2.05, 4.69) is 15.5 Å². The lowest BCUT2D eigenvalue weighted by atomic mass is 10.1. The summed E-state index contributed by atoms with van der Waals surface area (Å²) < 4.78 is 5.40. The number of nitrogens with zero attached hydrogens (tertiary/aromatic N) is 3. The van der Waals surface area contributed by atoms with Crippen molar-refractivity contribution in [3.63, 3.8) is 0 Å². The van der Waals surface area contributed by atoms with Crippen LogP contribution in [-0.4, -0.2) is 28.0 Å². The number of amides is 1. The molecule has 0 aliphatic carbocycles. The molecular weight excluding hydrogens is 388 g/mol. The Morgan fingerprint density at radius 2 is 1.69 bits per heavy atom. The predicted octanol–water partition coefficient (Wildman–Crippen LogP) is 4.95. The number of carbonyl (C=O) groups excluding carboxylic acids is 1. The number of aromatic nitrogens is 3. The molecule has 1 aromatic heterocycles. The Hall–Kier alpha value is -3.38. The number of halogens is 1. The van der Waals surface area contributed by atoms with Gasteiger partial charge in [0.05, 0.1) is 18.4 Å². The van der Waals surface area contributed by atoms with E-state index in [0.29, 0.717) is 27.5 Å². The van der Waals surface area contributed by atoms with Crippen LogP contribution in [0.3, 0.4) is 0 Å². The first-order valence-corrected chi connectivity index (χ1v) is 9.42. The van der Waals surface area contributed by atoms with Crippen molar-refractivity contribution in [1.29, 1.82) is 0 Å². The van der Waals surface area contributed by atoms with E-state index < -0.39 is 0 Å². The molecule has 0 saturated carbocycles. The van der Waals surface area contributed by atoms with Gasteiger partial charge in [0.15, 0.2) is 0 Å². The van der Waals surface area contributed by atoms with Gasteiger partial charge in [-0.15, -0.1) is 10.2 Å². The summed E-state index contributed by atoms with van der Waals surface area (Å²) in [6.45, 7) is 3.83. The third-order valence-electron chi connectivity index (χ3n) is 4.69. The van der Waals surface area contributed by atoms with Gasteiger partial charge in [-0.25, -0.2) is 0 Å². The number of fused-ring (bicyclic) bond motifs is 1. The molecule has 29 heavy (non-hydrogen) atoms. The molecule has 1 amide bonds. The maximum atomic E-state index is 12.8. The van der Waals surface area contributed by atoms with Gasteiger partial charge in [0.2, 0.25) is 0 Å². The highest BCUT2D eigenvalue weighted by molar-refractivity contribution is 6.30. The summed E-state index contributed by atoms with van der Waals surface area (Å²) in [6.07, 6.45) is 0. The molecule has 0 atom stereocenters. The lowest BCUT2D eigenvalue weighted by Crippen LogP contribution is -2.14. The number of anilines is 1. The number of hydrogen-bond acceptors (Lipinski definition) is 4. The molecule has 3 aromatic carbocycles. The highest BCUT2D eigenvalue weighted by Gasteiger charge is 2.16. The number of methoxy groups -OCH3 is 1. The first-order valence-electron chi connectivity index (χ1n) is 9.05. The second-order valence-electron chi connectivity index (χ2n) is 6.73. The summed E-state index contributed by atoms with van der Waals surface area (Å²) in [5.74, 6) is 0.329. The highest BCUT2D eigenvalue weighted by atomic mass is 35.5. The van der Waals surface area contributed by atoms with Crippen molar-refractivity contribution in [3.8, 4) is 11.4 Å². The molecule has 1 heterocycles. The van der Waals surface area contributed by atoms with E-state index in [1.165, 1.54) is 0 Å². The van der Waals surface area contributed by atoms with Crippen LogP contribution < -0.4 is 10.1 Å². The molecular formula is C22H19ClN4O2. The molecule has 146 valence electrons. The van der Waals surface area contributed by atoms with E-state index in [1.807, 2.05) is 50.2 Å². The zero-order valence-electron chi connectivity index (χ0n) is 16.2. The van der Waals surface area contributed by atoms with Crippen LogP contribution in [0.2, 0.25) is 5.02 Å². The number of benzene rings is 3. The molecule has 0 radical (unpaired) electrons. The Morgan fingerprint density at radius 1 is 1.00 bits per heavy atom. The Morgan fingerprint density at radius 3 is 2.38 bits per heavy atom. The van der Waals surface area contributed by atoms with Crippen LogP contribution >= 0.6 is 11.6 Å². The number of carbonyl (C=O) groups is 1. The molecule has 7 heteroatoms. The lowest BCUT2D eigenvalue weighted by Gasteiger charge is -2.12. The van der Waals surface area contributed by atoms with Gasteiger partial charge in [0.25, 0.3) is 5.91 Å². The van der Waals surface area contributed by atoms with Crippen LogP contribution in [0, 0.1) is 13.8 Å². The van der Waals surface area contributed by atoms with Gasteiger partial charge in [-0.2, -0.15) is 4.80 Å². The van der Waals surface area contributed by atoms with E-state index >= 15 is 0 Å². The number of nitrogens with one attached hydrogen (secondary N) is 1. The molecule has 0 unspecified atom stereocenters. The molecule has 4 aromatic rings. The number of ether oxygens (including phenoxy) is 1. The summed E-state index contributed by atoms with van der Waals surface area (Å²) in [6, 6.07) is 16.5. The zero-order valence-corrected chi connectivity index (χ0v) is 17.0. The summed E-state index contributed by atoms with van der Waals surface area (Å²) >= 11 is 5.95. The monoisotopic (exact) mass is 406 g/mol. The molecule has 0 aliphatic rings. The molecule has 6 nitrogen and oxygen atoms in total. The number of hydrogen-bond donors (Lipinski definition) is 1. The smallest absolute Gasteiger partial charge is 0.259 e. The third-order valence-corrected chi connectivity index (χ3v) is 4.94. The minimum atomic E-state index is -0.238. The largest absolute Gasteiger partial charge is 0.496 e. The van der Waals surface area contributed by atoms with Gasteiger partial charge in [-0.05, 0) is 67.4 Å².